The predicted octanol–water partition coefficient (Wildman–Crippen LogP) is 1.73. The molecule has 1 N–H and O–H groups in total. The molecule has 1 aromatic rings. The van der Waals surface area contributed by atoms with E-state index < -0.39 is 15.9 Å². The Hall–Kier alpha value is 1.35. The van der Waals surface area contributed by atoms with Gasteiger partial charge in [-0.25, -0.2) is 0 Å². The Morgan fingerprint density at radius 1 is 1.21 bits per heavy atom. The topological polar surface area (TPSA) is 54.4 Å². The minimum atomic E-state index is -4.01. The van der Waals surface area contributed by atoms with E-state index in [1.807, 2.05) is 0 Å². The molecule has 0 aliphatic carbocycles. The molecule has 1 rings (SSSR count). The fourth-order valence-electron chi connectivity index (χ4n) is 0.840. The molecule has 7 heteroatoms. The molecule has 0 saturated heterocycles. The van der Waals surface area contributed by atoms with E-state index in [2.05, 4.69) is 0 Å². The summed E-state index contributed by atoms with van der Waals surface area (Å²) in [5.74, 6) is -0.454. The van der Waals surface area contributed by atoms with Gasteiger partial charge in [0.05, 0.1) is 10.0 Å². The summed E-state index contributed by atoms with van der Waals surface area (Å²) in [7, 11) is -4.01. The number of halogens is 2. The summed E-state index contributed by atoms with van der Waals surface area (Å²) < 4.78 is 29.5. The molecule has 0 fully saturated rings. The van der Waals surface area contributed by atoms with Crippen LogP contribution in [0.5, 0.6) is 0 Å². The van der Waals surface area contributed by atoms with Crippen LogP contribution >= 0.6 is 23.2 Å². The van der Waals surface area contributed by atoms with Crippen molar-refractivity contribution >= 4 is 84.7 Å². The molecule has 74 valence electrons. The number of hydrogen-bond acceptors (Lipinski definition) is 2. The van der Waals surface area contributed by atoms with E-state index in [1.54, 1.807) is 0 Å². The summed E-state index contributed by atoms with van der Waals surface area (Å²) in [5.41, 5.74) is 0.400. The summed E-state index contributed by atoms with van der Waals surface area (Å²) in [5, 5.41) is 0.614. The van der Waals surface area contributed by atoms with Gasteiger partial charge in [0.25, 0.3) is 10.1 Å². The van der Waals surface area contributed by atoms with Crippen LogP contribution in [0.15, 0.2) is 18.2 Å². The average molecular weight is 281 g/mol. The Morgan fingerprint density at radius 3 is 2.21 bits per heavy atom. The van der Waals surface area contributed by atoms with Gasteiger partial charge in [-0.1, -0.05) is 29.3 Å². The van der Waals surface area contributed by atoms with E-state index in [0.717, 1.165) is 0 Å². The van der Waals surface area contributed by atoms with Crippen LogP contribution in [0.2, 0.25) is 10.0 Å². The molecule has 3 nitrogen and oxygen atoms in total. The fourth-order valence-corrected chi connectivity index (χ4v) is 1.76. The van der Waals surface area contributed by atoms with Gasteiger partial charge in [0, 0.05) is 0 Å². The van der Waals surface area contributed by atoms with Crippen molar-refractivity contribution in [2.45, 2.75) is 5.75 Å². The molecule has 0 amide bonds. The van der Waals surface area contributed by atoms with Crippen LogP contribution in [0.1, 0.15) is 5.56 Å². The van der Waals surface area contributed by atoms with Gasteiger partial charge < -0.3 is 0 Å². The quantitative estimate of drug-likeness (QED) is 0.663. The maximum atomic E-state index is 10.5. The molecule has 0 aliphatic heterocycles. The van der Waals surface area contributed by atoms with Gasteiger partial charge in [0.1, 0.15) is 5.75 Å². The van der Waals surface area contributed by atoms with Crippen LogP contribution in [0.3, 0.4) is 0 Å². The molecule has 0 spiro atoms. The Bertz CT molecular complexity index is 419. The zero-order valence-corrected chi connectivity index (χ0v) is 8.70. The van der Waals surface area contributed by atoms with Gasteiger partial charge in [0.15, 0.2) is 0 Å². The van der Waals surface area contributed by atoms with Crippen molar-refractivity contribution in [2.24, 2.45) is 0 Å². The number of rotatable bonds is 2. The molecule has 0 unspecified atom stereocenters. The van der Waals surface area contributed by atoms with Gasteiger partial charge >= 0.3 is 51.4 Å². The first-order chi connectivity index (χ1) is 5.88. The van der Waals surface area contributed by atoms with E-state index >= 15 is 0 Å². The van der Waals surface area contributed by atoms with Gasteiger partial charge in [0.2, 0.25) is 0 Å². The van der Waals surface area contributed by atoms with Crippen LogP contribution in [0, 0.1) is 0 Å². The summed E-state index contributed by atoms with van der Waals surface area (Å²) in [6.45, 7) is 0. The van der Waals surface area contributed by atoms with Crippen molar-refractivity contribution < 1.29 is 13.0 Å². The van der Waals surface area contributed by atoms with Crippen molar-refractivity contribution in [2.75, 3.05) is 0 Å². The van der Waals surface area contributed by atoms with Crippen LogP contribution in [-0.4, -0.2) is 64.4 Å². The second-order valence-corrected chi connectivity index (χ2v) is 4.74. The number of hydrogen-bond donors (Lipinski definition) is 1. The second-order valence-electron chi connectivity index (χ2n) is 2.47. The van der Waals surface area contributed by atoms with Gasteiger partial charge in [-0.15, -0.1) is 0 Å². The first kappa shape index (κ1) is 15.3. The Kier molecular flexibility index (Phi) is 6.77. The zero-order chi connectivity index (χ0) is 10.1. The van der Waals surface area contributed by atoms with Gasteiger partial charge in [-0.05, 0) is 17.7 Å². The number of benzene rings is 1. The van der Waals surface area contributed by atoms with Crippen molar-refractivity contribution in [1.82, 2.24) is 0 Å². The first-order valence-corrected chi connectivity index (χ1v) is 5.64. The van der Waals surface area contributed by atoms with E-state index in [9.17, 15) is 8.42 Å². The third-order valence-corrected chi connectivity index (χ3v) is 2.77. The van der Waals surface area contributed by atoms with Gasteiger partial charge in [-0.3, -0.25) is 4.55 Å². The third-order valence-electron chi connectivity index (χ3n) is 1.33. The van der Waals surface area contributed by atoms with E-state index in [-0.39, 0.29) is 56.4 Å². The van der Waals surface area contributed by atoms with Crippen LogP contribution in [-0.2, 0) is 15.9 Å². The summed E-state index contributed by atoms with van der Waals surface area (Å²) in [6.07, 6.45) is 0. The predicted molar refractivity (Wildman–Crippen MR) is 58.9 cm³/mol. The molecule has 14 heavy (non-hydrogen) atoms. The molecule has 0 atom stereocenters. The maximum absolute atomic E-state index is 10.5. The monoisotopic (exact) mass is 280 g/mol. The van der Waals surface area contributed by atoms with E-state index in [4.69, 9.17) is 27.8 Å². The molecule has 0 radical (unpaired) electrons. The van der Waals surface area contributed by atoms with Crippen molar-refractivity contribution in [1.29, 1.82) is 0 Å². The molecular formula is C7H7Cl2KO3S. The molecule has 0 heterocycles. The molecule has 0 aliphatic rings. The van der Waals surface area contributed by atoms with E-state index in [1.165, 1.54) is 18.2 Å². The molecule has 0 bridgehead atoms. The normalized spacial score (nSPS) is 10.8. The van der Waals surface area contributed by atoms with Crippen molar-refractivity contribution in [3.05, 3.63) is 33.8 Å². The third kappa shape index (κ3) is 5.44. The summed E-state index contributed by atoms with van der Waals surface area (Å²) in [4.78, 5) is 0. The van der Waals surface area contributed by atoms with Crippen LogP contribution in [0.25, 0.3) is 0 Å². The molecular weight excluding hydrogens is 274 g/mol. The van der Waals surface area contributed by atoms with Crippen LogP contribution < -0.4 is 0 Å². The van der Waals surface area contributed by atoms with Crippen molar-refractivity contribution in [3.63, 3.8) is 0 Å². The SMILES string of the molecule is O=S(=O)(O)Cc1ccc(Cl)c(Cl)c1.[KH]. The Labute approximate surface area is 135 Å². The Balaban J connectivity index is 0.00000169. The Morgan fingerprint density at radius 2 is 1.79 bits per heavy atom. The van der Waals surface area contributed by atoms with E-state index in [0.29, 0.717) is 10.6 Å². The van der Waals surface area contributed by atoms with Crippen molar-refractivity contribution in [3.8, 4) is 0 Å². The molecule has 0 aromatic heterocycles. The molecule has 0 saturated carbocycles. The van der Waals surface area contributed by atoms with Gasteiger partial charge in [-0.2, -0.15) is 8.42 Å². The second kappa shape index (κ2) is 6.17. The zero-order valence-electron chi connectivity index (χ0n) is 6.37. The first-order valence-electron chi connectivity index (χ1n) is 3.27. The summed E-state index contributed by atoms with van der Waals surface area (Å²) in [6, 6.07) is 4.37. The average Bonchev–Trinajstić information content (AvgIpc) is 1.94. The minimum absolute atomic E-state index is 0. The standard InChI is InChI=1S/C7H6Cl2O3S.K.H/c8-6-2-1-5(3-7(6)9)4-13(10,11)12;;/h1-3H,4H2,(H,10,11,12);;. The summed E-state index contributed by atoms with van der Waals surface area (Å²) >= 11 is 11.2. The molecule has 1 aromatic carbocycles. The fraction of sp³-hybridized carbons (Fsp3) is 0.143. The van der Waals surface area contributed by atoms with Crippen LogP contribution in [0.4, 0.5) is 0 Å².